The van der Waals surface area contributed by atoms with Gasteiger partial charge >= 0.3 is 5.97 Å². The van der Waals surface area contributed by atoms with E-state index in [4.69, 9.17) is 14.2 Å². The van der Waals surface area contributed by atoms with Gasteiger partial charge in [0.05, 0.1) is 6.10 Å². The molecule has 4 aliphatic carbocycles. The summed E-state index contributed by atoms with van der Waals surface area (Å²) >= 11 is 0. The van der Waals surface area contributed by atoms with Crippen LogP contribution in [0.4, 0.5) is 0 Å². The van der Waals surface area contributed by atoms with Gasteiger partial charge in [0, 0.05) is 19.4 Å². The molecule has 0 aliphatic heterocycles. The minimum Gasteiger partial charge on any atom is -0.459 e. The predicted octanol–water partition coefficient (Wildman–Crippen LogP) is 6.37. The first-order valence-corrected chi connectivity index (χ1v) is 13.0. The first-order chi connectivity index (χ1) is 14.7. The average Bonchev–Trinajstić information content (AvgIpc) is 2.99. The summed E-state index contributed by atoms with van der Waals surface area (Å²) in [4.78, 5) is 12.1. The Bertz CT molecular complexity index is 664. The molecular formula is C27H46O4. The molecule has 0 amide bonds. The predicted molar refractivity (Wildman–Crippen MR) is 122 cm³/mol. The third-order valence-corrected chi connectivity index (χ3v) is 10.9. The summed E-state index contributed by atoms with van der Waals surface area (Å²) in [5.74, 6) is 3.64. The molecule has 9 atom stereocenters. The van der Waals surface area contributed by atoms with E-state index in [2.05, 4.69) is 27.7 Å². The molecule has 4 aliphatic rings. The molecular weight excluding hydrogens is 388 g/mol. The Morgan fingerprint density at radius 1 is 1.03 bits per heavy atom. The maximum Gasteiger partial charge on any atom is 0.303 e. The van der Waals surface area contributed by atoms with Gasteiger partial charge in [-0.2, -0.15) is 0 Å². The van der Waals surface area contributed by atoms with Crippen LogP contribution in [0.1, 0.15) is 98.8 Å². The molecule has 4 fully saturated rings. The Hall–Kier alpha value is -0.610. The van der Waals surface area contributed by atoms with Crippen LogP contribution < -0.4 is 0 Å². The molecule has 0 aromatic carbocycles. The Labute approximate surface area is 190 Å². The van der Waals surface area contributed by atoms with Gasteiger partial charge in [0.2, 0.25) is 0 Å². The quantitative estimate of drug-likeness (QED) is 0.360. The summed E-state index contributed by atoms with van der Waals surface area (Å²) in [5, 5.41) is 0. The van der Waals surface area contributed by atoms with Crippen LogP contribution in [0.25, 0.3) is 0 Å². The van der Waals surface area contributed by atoms with Gasteiger partial charge in [-0.15, -0.1) is 0 Å². The van der Waals surface area contributed by atoms with Gasteiger partial charge in [-0.1, -0.05) is 34.1 Å². The topological polar surface area (TPSA) is 44.8 Å². The molecule has 0 aromatic heterocycles. The van der Waals surface area contributed by atoms with Crippen molar-refractivity contribution in [3.63, 3.8) is 0 Å². The van der Waals surface area contributed by atoms with E-state index in [9.17, 15) is 4.79 Å². The van der Waals surface area contributed by atoms with Crippen LogP contribution in [-0.4, -0.2) is 31.6 Å². The summed E-state index contributed by atoms with van der Waals surface area (Å²) in [7, 11) is 1.72. The number of carbonyl (C=O) groups is 1. The van der Waals surface area contributed by atoms with E-state index < -0.39 is 0 Å². The van der Waals surface area contributed by atoms with E-state index in [0.29, 0.717) is 30.1 Å². The van der Waals surface area contributed by atoms with E-state index in [-0.39, 0.29) is 17.0 Å². The number of methoxy groups -OCH3 is 1. The van der Waals surface area contributed by atoms with E-state index in [0.717, 1.165) is 43.4 Å². The fourth-order valence-electron chi connectivity index (χ4n) is 9.37. The molecule has 4 nitrogen and oxygen atoms in total. The van der Waals surface area contributed by atoms with Crippen molar-refractivity contribution in [2.24, 2.45) is 40.4 Å². The van der Waals surface area contributed by atoms with Crippen LogP contribution in [0.2, 0.25) is 0 Å². The number of esters is 1. The van der Waals surface area contributed by atoms with Crippen molar-refractivity contribution in [3.8, 4) is 0 Å². The molecule has 0 aromatic rings. The van der Waals surface area contributed by atoms with Crippen molar-refractivity contribution in [1.29, 1.82) is 0 Å². The molecule has 4 unspecified atom stereocenters. The van der Waals surface area contributed by atoms with E-state index in [1.807, 2.05) is 0 Å². The van der Waals surface area contributed by atoms with Crippen molar-refractivity contribution < 1.29 is 19.0 Å². The van der Waals surface area contributed by atoms with Crippen LogP contribution >= 0.6 is 0 Å². The van der Waals surface area contributed by atoms with Crippen LogP contribution in [0.3, 0.4) is 0 Å². The van der Waals surface area contributed by atoms with Crippen molar-refractivity contribution >= 4 is 5.97 Å². The molecule has 0 saturated heterocycles. The zero-order valence-corrected chi connectivity index (χ0v) is 20.9. The molecule has 178 valence electrons. The second-order valence-corrected chi connectivity index (χ2v) is 11.9. The lowest BCUT2D eigenvalue weighted by atomic mass is 9.42. The zero-order valence-electron chi connectivity index (χ0n) is 20.9. The molecule has 0 N–H and O–H groups in total. The highest BCUT2D eigenvalue weighted by atomic mass is 16.7. The summed E-state index contributed by atoms with van der Waals surface area (Å²) in [6.07, 6.45) is 12.3. The van der Waals surface area contributed by atoms with Crippen molar-refractivity contribution in [1.82, 2.24) is 0 Å². The lowest BCUT2D eigenvalue weighted by Gasteiger charge is -2.63. The Morgan fingerprint density at radius 3 is 2.45 bits per heavy atom. The third-order valence-electron chi connectivity index (χ3n) is 10.9. The molecule has 4 saturated carbocycles. The van der Waals surface area contributed by atoms with Gasteiger partial charge < -0.3 is 14.2 Å². The highest BCUT2D eigenvalue weighted by Gasteiger charge is 2.66. The summed E-state index contributed by atoms with van der Waals surface area (Å²) in [6.45, 7) is 11.9. The van der Waals surface area contributed by atoms with Crippen molar-refractivity contribution in [3.05, 3.63) is 0 Å². The molecule has 0 heterocycles. The smallest absolute Gasteiger partial charge is 0.303 e. The maximum absolute atomic E-state index is 12.1. The number of ether oxygens (including phenoxy) is 3. The van der Waals surface area contributed by atoms with Gasteiger partial charge in [0.25, 0.3) is 0 Å². The van der Waals surface area contributed by atoms with Gasteiger partial charge in [0.1, 0.15) is 12.4 Å². The molecule has 0 bridgehead atoms. The van der Waals surface area contributed by atoms with Crippen LogP contribution in [0, 0.1) is 40.4 Å². The van der Waals surface area contributed by atoms with Gasteiger partial charge in [0.15, 0.2) is 0 Å². The highest BCUT2D eigenvalue weighted by Crippen LogP contribution is 2.70. The minimum absolute atomic E-state index is 0.0869. The normalized spacial score (nSPS) is 49.1. The minimum atomic E-state index is -0.238. The lowest BCUT2D eigenvalue weighted by Crippen LogP contribution is -2.59. The largest absolute Gasteiger partial charge is 0.459 e. The average molecular weight is 435 g/mol. The Kier molecular flexibility index (Phi) is 6.55. The summed E-state index contributed by atoms with van der Waals surface area (Å²) in [5.41, 5.74) is 0.313. The third kappa shape index (κ3) is 3.59. The number of hydrogen-bond donors (Lipinski definition) is 0. The lowest BCUT2D eigenvalue weighted by molar-refractivity contribution is -0.200. The number of rotatable bonds is 6. The Balaban J connectivity index is 1.58. The van der Waals surface area contributed by atoms with Crippen molar-refractivity contribution in [2.45, 2.75) is 111 Å². The molecule has 31 heavy (non-hydrogen) atoms. The second-order valence-electron chi connectivity index (χ2n) is 11.9. The first kappa shape index (κ1) is 23.5. The fourth-order valence-corrected chi connectivity index (χ4v) is 9.37. The summed E-state index contributed by atoms with van der Waals surface area (Å²) in [6, 6.07) is 0. The summed E-state index contributed by atoms with van der Waals surface area (Å²) < 4.78 is 17.5. The fraction of sp³-hybridized carbons (Fsp3) is 0.963. The maximum atomic E-state index is 12.1. The number of carbonyl (C=O) groups excluding carboxylic acids is 1. The van der Waals surface area contributed by atoms with E-state index in [1.165, 1.54) is 38.5 Å². The van der Waals surface area contributed by atoms with E-state index >= 15 is 0 Å². The molecule has 0 spiro atoms. The molecule has 4 rings (SSSR count). The van der Waals surface area contributed by atoms with Crippen LogP contribution in [-0.2, 0) is 19.0 Å². The van der Waals surface area contributed by atoms with Crippen LogP contribution in [0.5, 0.6) is 0 Å². The first-order valence-electron chi connectivity index (χ1n) is 13.0. The van der Waals surface area contributed by atoms with Gasteiger partial charge in [-0.3, -0.25) is 4.79 Å². The standard InChI is InChI=1S/C27H46O4/c1-7-12-27(31-19(3)28)14-11-23-22-9-8-20-16-21(30-17-29-6)15-18(2)26(20,5)24(22)10-13-25(23,27)4/h18,20-24H,7-17H2,1-6H3/t18?,20?,21?,22-,23-,24+,25-,26-,27?/m0/s1. The SMILES string of the molecule is CCCC1(OC(C)=O)CC[C@H]2[C@@H]3CCC4CC(OCOC)CC(C)[C@]4(C)[C@@H]3CC[C@@]21C. The van der Waals surface area contributed by atoms with Gasteiger partial charge in [-0.05, 0) is 92.8 Å². The second kappa shape index (κ2) is 8.63. The van der Waals surface area contributed by atoms with Gasteiger partial charge in [-0.25, -0.2) is 0 Å². The van der Waals surface area contributed by atoms with E-state index in [1.54, 1.807) is 14.0 Å². The zero-order chi connectivity index (χ0) is 22.4. The molecule has 4 heteroatoms. The van der Waals surface area contributed by atoms with Crippen LogP contribution in [0.15, 0.2) is 0 Å². The molecule has 0 radical (unpaired) electrons. The Morgan fingerprint density at radius 2 is 1.77 bits per heavy atom. The number of fused-ring (bicyclic) bond motifs is 5. The van der Waals surface area contributed by atoms with Crippen molar-refractivity contribution in [2.75, 3.05) is 13.9 Å². The monoisotopic (exact) mass is 434 g/mol. The number of hydrogen-bond acceptors (Lipinski definition) is 4. The highest BCUT2D eigenvalue weighted by molar-refractivity contribution is 5.66.